The number of nitrogens with zero attached hydrogens (tertiary/aromatic N) is 2. The summed E-state index contributed by atoms with van der Waals surface area (Å²) in [5, 5.41) is 0. The monoisotopic (exact) mass is 488 g/mol. The Hall–Kier alpha value is -1.22. The molecule has 8 nitrogen and oxygen atoms in total. The molecule has 0 rings (SSSR count). The Morgan fingerprint density at radius 1 is 0.559 bits per heavy atom. The summed E-state index contributed by atoms with van der Waals surface area (Å²) >= 11 is 0. The molecule has 0 saturated carbocycles. The first-order valence-corrected chi connectivity index (χ1v) is 13.1. The van der Waals surface area contributed by atoms with E-state index in [1.807, 2.05) is 41.8 Å². The summed E-state index contributed by atoms with van der Waals surface area (Å²) in [5.74, 6) is -0.262. The molecule has 0 bridgehead atoms. The second-order valence-corrected chi connectivity index (χ2v) is 9.51. The van der Waals surface area contributed by atoms with Crippen LogP contribution in [0.5, 0.6) is 0 Å². The topological polar surface area (TPSA) is 77.5 Å². The maximum absolute atomic E-state index is 11.8. The van der Waals surface area contributed by atoms with Crippen LogP contribution in [0.3, 0.4) is 0 Å². The van der Waals surface area contributed by atoms with E-state index in [1.54, 1.807) is 0 Å². The van der Waals surface area contributed by atoms with Gasteiger partial charge in [-0.25, -0.2) is 0 Å². The molecule has 0 amide bonds. The molecule has 0 aromatic heterocycles. The van der Waals surface area contributed by atoms with E-state index < -0.39 is 0 Å². The molecule has 0 radical (unpaired) electrons. The number of carbonyl (C=O) groups excluding carboxylic acids is 2. The third-order valence-electron chi connectivity index (χ3n) is 5.31. The minimum absolute atomic E-state index is 0.131. The second-order valence-electron chi connectivity index (χ2n) is 9.51. The van der Waals surface area contributed by atoms with Gasteiger partial charge in [-0.15, -0.1) is 0 Å². The average Bonchev–Trinajstić information content (AvgIpc) is 2.77. The molecule has 0 aromatic carbocycles. The first-order valence-electron chi connectivity index (χ1n) is 13.1. The van der Waals surface area contributed by atoms with E-state index in [4.69, 9.17) is 18.9 Å². The van der Waals surface area contributed by atoms with Crippen molar-refractivity contribution in [1.29, 1.82) is 0 Å². The Labute approximate surface area is 208 Å². The highest BCUT2D eigenvalue weighted by Crippen LogP contribution is 2.06. The number of carbonyl (C=O) groups is 2. The number of hydrogen-bond donors (Lipinski definition) is 0. The molecule has 0 aliphatic heterocycles. The second kappa shape index (κ2) is 22.3. The third-order valence-corrected chi connectivity index (χ3v) is 5.31. The van der Waals surface area contributed by atoms with Gasteiger partial charge in [0.25, 0.3) is 0 Å². The Kier molecular flexibility index (Phi) is 21.5. The van der Waals surface area contributed by atoms with Crippen molar-refractivity contribution in [3.63, 3.8) is 0 Å². The Morgan fingerprint density at radius 2 is 0.912 bits per heavy atom. The number of likely N-dealkylation sites (N-methyl/N-ethyl adjacent to an activating group) is 2. The molecule has 34 heavy (non-hydrogen) atoms. The van der Waals surface area contributed by atoms with Crippen LogP contribution in [0.1, 0.15) is 79.1 Å². The molecule has 0 N–H and O–H groups in total. The Morgan fingerprint density at radius 3 is 1.26 bits per heavy atom. The molecule has 0 aliphatic carbocycles. The molecule has 0 saturated heterocycles. The van der Waals surface area contributed by atoms with Crippen molar-refractivity contribution in [3.8, 4) is 0 Å². The maximum Gasteiger partial charge on any atom is 0.307 e. The normalized spacial score (nSPS) is 11.7. The van der Waals surface area contributed by atoms with Gasteiger partial charge in [0, 0.05) is 26.2 Å². The zero-order valence-electron chi connectivity index (χ0n) is 22.8. The zero-order valence-corrected chi connectivity index (χ0v) is 22.8. The quantitative estimate of drug-likeness (QED) is 0.158. The molecule has 0 unspecified atom stereocenters. The van der Waals surface area contributed by atoms with Crippen molar-refractivity contribution in [3.05, 3.63) is 0 Å². The standard InChI is InChI=1S/C26H52N2O6/c1-23(2)31-21-17-27(5)15-13-25(29)33-19-11-9-7-8-10-12-20-34-26(30)14-16-28(6)18-22-32-24(3)4/h23-24H,7-22H2,1-6H3. The largest absolute Gasteiger partial charge is 0.466 e. The highest BCUT2D eigenvalue weighted by molar-refractivity contribution is 5.69. The fraction of sp³-hybridized carbons (Fsp3) is 0.923. The van der Waals surface area contributed by atoms with Crippen molar-refractivity contribution in [1.82, 2.24) is 9.80 Å². The van der Waals surface area contributed by atoms with Gasteiger partial charge in [-0.3, -0.25) is 9.59 Å². The fourth-order valence-electron chi connectivity index (χ4n) is 3.10. The van der Waals surface area contributed by atoms with Crippen molar-refractivity contribution in [2.24, 2.45) is 0 Å². The Bertz CT molecular complexity index is 458. The van der Waals surface area contributed by atoms with E-state index in [0.29, 0.717) is 52.4 Å². The number of rotatable bonds is 23. The summed E-state index contributed by atoms with van der Waals surface area (Å²) in [5.41, 5.74) is 0. The van der Waals surface area contributed by atoms with Crippen molar-refractivity contribution < 1.29 is 28.5 Å². The van der Waals surface area contributed by atoms with E-state index in [0.717, 1.165) is 51.6 Å². The smallest absolute Gasteiger partial charge is 0.307 e. The van der Waals surface area contributed by atoms with Crippen LogP contribution < -0.4 is 0 Å². The predicted molar refractivity (Wildman–Crippen MR) is 136 cm³/mol. The van der Waals surface area contributed by atoms with Crippen LogP contribution >= 0.6 is 0 Å². The highest BCUT2D eigenvalue weighted by Gasteiger charge is 2.07. The first-order chi connectivity index (χ1) is 16.2. The average molecular weight is 489 g/mol. The summed E-state index contributed by atoms with van der Waals surface area (Å²) in [7, 11) is 3.98. The number of esters is 2. The van der Waals surface area contributed by atoms with Gasteiger partial charge in [0.05, 0.1) is 51.5 Å². The molecule has 0 fully saturated rings. The van der Waals surface area contributed by atoms with E-state index in [-0.39, 0.29) is 24.1 Å². The van der Waals surface area contributed by atoms with Crippen LogP contribution in [0.25, 0.3) is 0 Å². The lowest BCUT2D eigenvalue weighted by Gasteiger charge is -2.17. The lowest BCUT2D eigenvalue weighted by Crippen LogP contribution is -2.27. The molecule has 0 spiro atoms. The third kappa shape index (κ3) is 23.9. The lowest BCUT2D eigenvalue weighted by atomic mass is 10.1. The van der Waals surface area contributed by atoms with Gasteiger partial charge in [0.15, 0.2) is 0 Å². The van der Waals surface area contributed by atoms with Crippen molar-refractivity contribution >= 4 is 11.9 Å². The van der Waals surface area contributed by atoms with Crippen LogP contribution in [0, 0.1) is 0 Å². The summed E-state index contributed by atoms with van der Waals surface area (Å²) in [4.78, 5) is 27.8. The first kappa shape index (κ1) is 32.8. The lowest BCUT2D eigenvalue weighted by molar-refractivity contribution is -0.145. The molecule has 0 aliphatic rings. The summed E-state index contributed by atoms with van der Waals surface area (Å²) in [6.07, 6.45) is 7.40. The summed E-state index contributed by atoms with van der Waals surface area (Å²) < 4.78 is 21.7. The number of hydrogen-bond acceptors (Lipinski definition) is 8. The molecule has 202 valence electrons. The maximum atomic E-state index is 11.8. The van der Waals surface area contributed by atoms with E-state index >= 15 is 0 Å². The van der Waals surface area contributed by atoms with Gasteiger partial charge in [-0.1, -0.05) is 25.7 Å². The minimum atomic E-state index is -0.131. The van der Waals surface area contributed by atoms with Gasteiger partial charge < -0.3 is 28.7 Å². The van der Waals surface area contributed by atoms with Crippen LogP contribution in [0.2, 0.25) is 0 Å². The summed E-state index contributed by atoms with van der Waals surface area (Å²) in [6, 6.07) is 0. The molecular formula is C26H52N2O6. The molecule has 0 atom stereocenters. The molecule has 8 heteroatoms. The van der Waals surface area contributed by atoms with E-state index in [2.05, 4.69) is 9.80 Å². The fourth-order valence-corrected chi connectivity index (χ4v) is 3.10. The van der Waals surface area contributed by atoms with E-state index in [1.165, 1.54) is 0 Å². The summed E-state index contributed by atoms with van der Waals surface area (Å²) in [6.45, 7) is 13.4. The minimum Gasteiger partial charge on any atom is -0.466 e. The Balaban J connectivity index is 3.43. The van der Waals surface area contributed by atoms with E-state index in [9.17, 15) is 9.59 Å². The SMILES string of the molecule is CC(C)OCCN(C)CCC(=O)OCCCCCCCCOC(=O)CCN(C)CCOC(C)C. The van der Waals surface area contributed by atoms with Gasteiger partial charge >= 0.3 is 11.9 Å². The van der Waals surface area contributed by atoms with Crippen LogP contribution in [-0.2, 0) is 28.5 Å². The highest BCUT2D eigenvalue weighted by atomic mass is 16.5. The molecule has 0 heterocycles. The van der Waals surface area contributed by atoms with Crippen LogP contribution in [-0.4, -0.2) is 101 Å². The van der Waals surface area contributed by atoms with Gasteiger partial charge in [-0.2, -0.15) is 0 Å². The number of ether oxygens (including phenoxy) is 4. The molecular weight excluding hydrogens is 436 g/mol. The predicted octanol–water partition coefficient (Wildman–Crippen LogP) is 3.91. The number of unbranched alkanes of at least 4 members (excludes halogenated alkanes) is 5. The van der Waals surface area contributed by atoms with Crippen LogP contribution in [0.4, 0.5) is 0 Å². The van der Waals surface area contributed by atoms with Gasteiger partial charge in [-0.05, 0) is 54.6 Å². The van der Waals surface area contributed by atoms with Crippen molar-refractivity contribution in [2.75, 3.05) is 66.7 Å². The zero-order chi connectivity index (χ0) is 25.6. The van der Waals surface area contributed by atoms with Crippen LogP contribution in [0.15, 0.2) is 0 Å². The van der Waals surface area contributed by atoms with Crippen molar-refractivity contribution in [2.45, 2.75) is 91.3 Å². The van der Waals surface area contributed by atoms with Gasteiger partial charge in [0.1, 0.15) is 0 Å². The van der Waals surface area contributed by atoms with Gasteiger partial charge in [0.2, 0.25) is 0 Å². The molecule has 0 aromatic rings.